The molecule has 1 atom stereocenters. The first kappa shape index (κ1) is 18.2. The average molecular weight is 354 g/mol. The maximum atomic E-state index is 12.1. The fourth-order valence-electron chi connectivity index (χ4n) is 1.71. The average Bonchev–Trinajstić information content (AvgIpc) is 2.39. The lowest BCUT2D eigenvalue weighted by Gasteiger charge is -2.12. The molecule has 1 aromatic carbocycles. The molecule has 0 radical (unpaired) electrons. The summed E-state index contributed by atoms with van der Waals surface area (Å²) in [5.41, 5.74) is 0. The molecule has 1 aromatic rings. The van der Waals surface area contributed by atoms with Crippen LogP contribution in [0.4, 0.5) is 0 Å². The molecular weight excluding hydrogens is 337 g/mol. The highest BCUT2D eigenvalue weighted by Gasteiger charge is 2.18. The van der Waals surface area contributed by atoms with Crippen LogP contribution in [0.2, 0.25) is 10.0 Å². The van der Waals surface area contributed by atoms with Gasteiger partial charge in [0.2, 0.25) is 10.0 Å². The molecule has 0 heterocycles. The molecule has 0 aliphatic rings. The molecule has 1 rings (SSSR count). The van der Waals surface area contributed by atoms with Crippen LogP contribution < -0.4 is 4.72 Å². The zero-order valence-corrected chi connectivity index (χ0v) is 13.8. The van der Waals surface area contributed by atoms with Crippen molar-refractivity contribution in [1.82, 2.24) is 4.72 Å². The van der Waals surface area contributed by atoms with Crippen LogP contribution in [0.1, 0.15) is 26.2 Å². The molecular formula is C13H17Cl2NO4S. The molecule has 5 nitrogen and oxygen atoms in total. The van der Waals surface area contributed by atoms with E-state index in [9.17, 15) is 13.2 Å². The molecule has 0 aliphatic carbocycles. The Morgan fingerprint density at radius 3 is 2.62 bits per heavy atom. The molecule has 0 bridgehead atoms. The highest BCUT2D eigenvalue weighted by Crippen LogP contribution is 2.24. The van der Waals surface area contributed by atoms with E-state index < -0.39 is 16.0 Å². The molecule has 1 unspecified atom stereocenters. The molecule has 0 amide bonds. The largest absolute Gasteiger partial charge is 0.481 e. The Bertz CT molecular complexity index is 604. The van der Waals surface area contributed by atoms with Crippen molar-refractivity contribution in [3.8, 4) is 0 Å². The third-order valence-corrected chi connectivity index (χ3v) is 5.14. The fraction of sp³-hybridized carbons (Fsp3) is 0.462. The number of sulfonamides is 1. The van der Waals surface area contributed by atoms with Gasteiger partial charge in [-0.1, -0.05) is 30.1 Å². The zero-order valence-electron chi connectivity index (χ0n) is 11.5. The maximum absolute atomic E-state index is 12.1. The van der Waals surface area contributed by atoms with Gasteiger partial charge in [-0.15, -0.1) is 0 Å². The Morgan fingerprint density at radius 2 is 2.00 bits per heavy atom. The number of aliphatic carboxylic acids is 1. The second-order valence-corrected chi connectivity index (χ2v) is 7.38. The van der Waals surface area contributed by atoms with Crippen molar-refractivity contribution in [3.63, 3.8) is 0 Å². The summed E-state index contributed by atoms with van der Waals surface area (Å²) in [6, 6.07) is 4.23. The molecule has 21 heavy (non-hydrogen) atoms. The monoisotopic (exact) mass is 353 g/mol. The molecule has 0 spiro atoms. The lowest BCUT2D eigenvalue weighted by molar-refractivity contribution is -0.137. The Hall–Kier alpha value is -0.820. The summed E-state index contributed by atoms with van der Waals surface area (Å²) in [5, 5.41) is 8.97. The van der Waals surface area contributed by atoms with Crippen LogP contribution in [0.25, 0.3) is 0 Å². The highest BCUT2D eigenvalue weighted by atomic mass is 35.5. The number of benzene rings is 1. The summed E-state index contributed by atoms with van der Waals surface area (Å²) in [6.45, 7) is 2.09. The number of rotatable bonds is 8. The smallest absolute Gasteiger partial charge is 0.303 e. The van der Waals surface area contributed by atoms with Crippen molar-refractivity contribution in [3.05, 3.63) is 28.2 Å². The van der Waals surface area contributed by atoms with Crippen LogP contribution >= 0.6 is 23.2 Å². The van der Waals surface area contributed by atoms with Gasteiger partial charge in [0.25, 0.3) is 0 Å². The van der Waals surface area contributed by atoms with Gasteiger partial charge in [-0.2, -0.15) is 0 Å². The second-order valence-electron chi connectivity index (χ2n) is 4.80. The van der Waals surface area contributed by atoms with Gasteiger partial charge in [-0.3, -0.25) is 4.79 Å². The van der Waals surface area contributed by atoms with E-state index in [1.807, 2.05) is 6.92 Å². The Morgan fingerprint density at radius 1 is 1.33 bits per heavy atom. The minimum Gasteiger partial charge on any atom is -0.481 e. The Labute approximate surface area is 134 Å². The van der Waals surface area contributed by atoms with Crippen molar-refractivity contribution in [2.24, 2.45) is 5.92 Å². The summed E-state index contributed by atoms with van der Waals surface area (Å²) in [6.07, 6.45) is 1.13. The lowest BCUT2D eigenvalue weighted by Crippen LogP contribution is -2.26. The first-order chi connectivity index (χ1) is 9.72. The normalized spacial score (nSPS) is 13.1. The SMILES string of the molecule is CC(CCNS(=O)(=O)c1cc(Cl)ccc1Cl)CCC(=O)O. The van der Waals surface area contributed by atoms with E-state index in [1.54, 1.807) is 0 Å². The van der Waals surface area contributed by atoms with Crippen molar-refractivity contribution in [2.45, 2.75) is 31.1 Å². The van der Waals surface area contributed by atoms with Gasteiger partial charge >= 0.3 is 5.97 Å². The third kappa shape index (κ3) is 6.22. The van der Waals surface area contributed by atoms with E-state index in [0.29, 0.717) is 12.8 Å². The van der Waals surface area contributed by atoms with E-state index in [1.165, 1.54) is 18.2 Å². The van der Waals surface area contributed by atoms with Crippen LogP contribution in [0.3, 0.4) is 0 Å². The van der Waals surface area contributed by atoms with Crippen molar-refractivity contribution >= 4 is 39.2 Å². The third-order valence-electron chi connectivity index (χ3n) is 2.96. The summed E-state index contributed by atoms with van der Waals surface area (Å²) >= 11 is 11.6. The molecule has 0 aromatic heterocycles. The summed E-state index contributed by atoms with van der Waals surface area (Å²) in [4.78, 5) is 10.4. The van der Waals surface area contributed by atoms with Crippen LogP contribution in [0.5, 0.6) is 0 Å². The minimum absolute atomic E-state index is 0.0603. The van der Waals surface area contributed by atoms with Gasteiger partial charge in [-0.05, 0) is 37.0 Å². The van der Waals surface area contributed by atoms with Gasteiger partial charge in [0, 0.05) is 18.0 Å². The summed E-state index contributed by atoms with van der Waals surface area (Å²) in [7, 11) is -3.72. The number of carboxylic acids is 1. The molecule has 118 valence electrons. The lowest BCUT2D eigenvalue weighted by atomic mass is 10.0. The Balaban J connectivity index is 2.57. The molecule has 0 saturated carbocycles. The van der Waals surface area contributed by atoms with Crippen LogP contribution in [-0.2, 0) is 14.8 Å². The van der Waals surface area contributed by atoms with Crippen LogP contribution in [-0.4, -0.2) is 26.0 Å². The number of hydrogen-bond donors (Lipinski definition) is 2. The molecule has 8 heteroatoms. The second kappa shape index (κ2) is 7.98. The molecule has 2 N–H and O–H groups in total. The minimum atomic E-state index is -3.72. The molecule has 0 fully saturated rings. The summed E-state index contributed by atoms with van der Waals surface area (Å²) < 4.78 is 26.7. The molecule has 0 saturated heterocycles. The van der Waals surface area contributed by atoms with Gasteiger partial charge < -0.3 is 5.11 Å². The van der Waals surface area contributed by atoms with Crippen molar-refractivity contribution in [1.29, 1.82) is 0 Å². The van der Waals surface area contributed by atoms with E-state index in [-0.39, 0.29) is 33.8 Å². The van der Waals surface area contributed by atoms with Crippen LogP contribution in [0.15, 0.2) is 23.1 Å². The van der Waals surface area contributed by atoms with Crippen molar-refractivity contribution in [2.75, 3.05) is 6.54 Å². The highest BCUT2D eigenvalue weighted by molar-refractivity contribution is 7.89. The fourth-order valence-corrected chi connectivity index (χ4v) is 3.52. The van der Waals surface area contributed by atoms with E-state index >= 15 is 0 Å². The standard InChI is InChI=1S/C13H17Cl2NO4S/c1-9(2-5-13(17)18)6-7-16-21(19,20)12-8-10(14)3-4-11(12)15/h3-4,8-9,16H,2,5-7H2,1H3,(H,17,18). The van der Waals surface area contributed by atoms with Gasteiger partial charge in [0.15, 0.2) is 0 Å². The van der Waals surface area contributed by atoms with E-state index in [4.69, 9.17) is 28.3 Å². The number of hydrogen-bond acceptors (Lipinski definition) is 3. The predicted octanol–water partition coefficient (Wildman–Crippen LogP) is 3.16. The first-order valence-corrected chi connectivity index (χ1v) is 8.63. The van der Waals surface area contributed by atoms with Crippen molar-refractivity contribution < 1.29 is 18.3 Å². The van der Waals surface area contributed by atoms with E-state index in [0.717, 1.165) is 0 Å². The number of carbonyl (C=O) groups is 1. The zero-order chi connectivity index (χ0) is 16.0. The van der Waals surface area contributed by atoms with Gasteiger partial charge in [-0.25, -0.2) is 13.1 Å². The van der Waals surface area contributed by atoms with E-state index in [2.05, 4.69) is 4.72 Å². The maximum Gasteiger partial charge on any atom is 0.303 e. The summed E-state index contributed by atoms with van der Waals surface area (Å²) in [5.74, 6) is -0.744. The molecule has 0 aliphatic heterocycles. The predicted molar refractivity (Wildman–Crippen MR) is 82.3 cm³/mol. The number of carboxylic acid groups (broad SMARTS) is 1. The number of halogens is 2. The first-order valence-electron chi connectivity index (χ1n) is 6.39. The van der Waals surface area contributed by atoms with Crippen LogP contribution in [0, 0.1) is 5.92 Å². The quantitative estimate of drug-likeness (QED) is 0.751. The Kier molecular flexibility index (Phi) is 6.93. The van der Waals surface area contributed by atoms with Gasteiger partial charge in [0.05, 0.1) is 5.02 Å². The van der Waals surface area contributed by atoms with Gasteiger partial charge in [0.1, 0.15) is 4.90 Å². The topological polar surface area (TPSA) is 83.5 Å². The number of nitrogens with one attached hydrogen (secondary N) is 1.